The summed E-state index contributed by atoms with van der Waals surface area (Å²) < 4.78 is 6.06. The molecule has 104 valence electrons. The van der Waals surface area contributed by atoms with Gasteiger partial charge in [0.25, 0.3) is 11.2 Å². The van der Waals surface area contributed by atoms with Gasteiger partial charge in [-0.15, -0.1) is 5.10 Å². The quantitative estimate of drug-likeness (QED) is 0.501. The summed E-state index contributed by atoms with van der Waals surface area (Å²) in [6.45, 7) is 0.0313. The van der Waals surface area contributed by atoms with E-state index in [9.17, 15) is 14.9 Å². The molecule has 2 rings (SSSR count). The molecule has 0 saturated heterocycles. The third-order valence-electron chi connectivity index (χ3n) is 2.74. The van der Waals surface area contributed by atoms with Crippen LogP contribution in [0.4, 0.5) is 11.4 Å². The van der Waals surface area contributed by atoms with Gasteiger partial charge in [0.15, 0.2) is 0 Å². The molecule has 0 radical (unpaired) electrons. The van der Waals surface area contributed by atoms with E-state index >= 15 is 0 Å². The highest BCUT2D eigenvalue weighted by Crippen LogP contribution is 2.25. The Labute approximate surface area is 113 Å². The Balaban J connectivity index is 2.42. The molecule has 0 fully saturated rings. The first kappa shape index (κ1) is 13.5. The van der Waals surface area contributed by atoms with Crippen molar-refractivity contribution in [3.05, 3.63) is 56.4 Å². The molecule has 0 aliphatic heterocycles. The van der Waals surface area contributed by atoms with Crippen LogP contribution in [0.2, 0.25) is 0 Å². The highest BCUT2D eigenvalue weighted by molar-refractivity contribution is 5.62. The van der Waals surface area contributed by atoms with E-state index in [1.807, 2.05) is 0 Å². The van der Waals surface area contributed by atoms with Gasteiger partial charge < -0.3 is 10.5 Å². The number of rotatable bonds is 4. The summed E-state index contributed by atoms with van der Waals surface area (Å²) in [6, 6.07) is 7.17. The number of nitrogens with zero attached hydrogens (tertiary/aromatic N) is 3. The zero-order chi connectivity index (χ0) is 14.7. The minimum atomic E-state index is -0.569. The van der Waals surface area contributed by atoms with Crippen molar-refractivity contribution in [1.29, 1.82) is 0 Å². The van der Waals surface area contributed by atoms with Gasteiger partial charge in [0.2, 0.25) is 5.88 Å². The molecule has 0 saturated carbocycles. The molecule has 0 unspecified atom stereocenters. The highest BCUT2D eigenvalue weighted by Gasteiger charge is 2.15. The van der Waals surface area contributed by atoms with Gasteiger partial charge in [0.05, 0.1) is 18.6 Å². The molecule has 0 atom stereocenters. The molecule has 0 aliphatic rings. The number of nitro benzene ring substituents is 1. The fraction of sp³-hybridized carbons (Fsp3) is 0.167. The number of hydrogen-bond donors (Lipinski definition) is 1. The molecule has 0 aliphatic carbocycles. The van der Waals surface area contributed by atoms with Gasteiger partial charge in [-0.25, -0.2) is 4.68 Å². The van der Waals surface area contributed by atoms with Crippen molar-refractivity contribution in [3.8, 4) is 5.88 Å². The van der Waals surface area contributed by atoms with E-state index in [1.54, 1.807) is 6.07 Å². The first-order valence-corrected chi connectivity index (χ1v) is 5.67. The van der Waals surface area contributed by atoms with E-state index in [4.69, 9.17) is 10.5 Å². The number of benzene rings is 1. The topological polar surface area (TPSA) is 113 Å². The smallest absolute Gasteiger partial charge is 0.292 e. The molecule has 1 aromatic carbocycles. The molecule has 0 spiro atoms. The van der Waals surface area contributed by atoms with Crippen molar-refractivity contribution in [2.45, 2.75) is 6.54 Å². The van der Waals surface area contributed by atoms with Crippen molar-refractivity contribution < 1.29 is 9.66 Å². The molecule has 8 nitrogen and oxygen atoms in total. The number of aromatic nitrogens is 2. The minimum Gasteiger partial charge on any atom is -0.480 e. The van der Waals surface area contributed by atoms with Crippen LogP contribution in [0.5, 0.6) is 5.88 Å². The Morgan fingerprint density at radius 2 is 2.15 bits per heavy atom. The lowest BCUT2D eigenvalue weighted by molar-refractivity contribution is -0.383. The number of nitro groups is 1. The molecule has 1 aromatic heterocycles. The van der Waals surface area contributed by atoms with Gasteiger partial charge in [-0.1, -0.05) is 12.1 Å². The van der Waals surface area contributed by atoms with Crippen molar-refractivity contribution in [2.24, 2.45) is 0 Å². The van der Waals surface area contributed by atoms with Crippen molar-refractivity contribution >= 4 is 11.4 Å². The molecule has 0 bridgehead atoms. The molecular weight excluding hydrogens is 264 g/mol. The lowest BCUT2D eigenvalue weighted by atomic mass is 10.1. The Morgan fingerprint density at radius 1 is 1.40 bits per heavy atom. The monoisotopic (exact) mass is 276 g/mol. The number of anilines is 1. The number of ether oxygens (including phenoxy) is 1. The van der Waals surface area contributed by atoms with Crippen LogP contribution in [-0.4, -0.2) is 21.8 Å². The average molecular weight is 276 g/mol. The van der Waals surface area contributed by atoms with Gasteiger partial charge in [-0.05, 0) is 0 Å². The predicted molar refractivity (Wildman–Crippen MR) is 71.7 cm³/mol. The summed E-state index contributed by atoms with van der Waals surface area (Å²) in [7, 11) is 1.43. The first-order valence-electron chi connectivity index (χ1n) is 5.67. The number of nitrogen functional groups attached to an aromatic ring is 1. The summed E-state index contributed by atoms with van der Waals surface area (Å²) in [4.78, 5) is 21.9. The fourth-order valence-electron chi connectivity index (χ4n) is 1.71. The molecule has 20 heavy (non-hydrogen) atoms. The second kappa shape index (κ2) is 5.39. The standard InChI is InChI=1S/C12H12N4O4/c1-20-10-5-6-11(17)15(14-10)7-8-3-2-4-9(12(8)13)16(18)19/h2-6H,7,13H2,1H3. The first-order chi connectivity index (χ1) is 9.52. The van der Waals surface area contributed by atoms with Gasteiger partial charge in [-0.2, -0.15) is 0 Å². The lowest BCUT2D eigenvalue weighted by Gasteiger charge is -2.08. The van der Waals surface area contributed by atoms with Gasteiger partial charge in [-0.3, -0.25) is 14.9 Å². The Morgan fingerprint density at radius 3 is 2.80 bits per heavy atom. The van der Waals surface area contributed by atoms with Gasteiger partial charge in [0.1, 0.15) is 5.69 Å². The summed E-state index contributed by atoms with van der Waals surface area (Å²) in [5.74, 6) is 0.272. The molecule has 0 amide bonds. The summed E-state index contributed by atoms with van der Waals surface area (Å²) >= 11 is 0. The van der Waals surface area contributed by atoms with Crippen LogP contribution in [-0.2, 0) is 6.54 Å². The van der Waals surface area contributed by atoms with E-state index in [2.05, 4.69) is 5.10 Å². The number of para-hydroxylation sites is 1. The van der Waals surface area contributed by atoms with Crippen molar-refractivity contribution in [2.75, 3.05) is 12.8 Å². The van der Waals surface area contributed by atoms with E-state index in [1.165, 1.54) is 31.4 Å². The maximum Gasteiger partial charge on any atom is 0.292 e. The predicted octanol–water partition coefficient (Wildman–Crippen LogP) is 0.791. The van der Waals surface area contributed by atoms with Crippen LogP contribution in [0.25, 0.3) is 0 Å². The minimum absolute atomic E-state index is 0.0222. The van der Waals surface area contributed by atoms with E-state index in [0.29, 0.717) is 5.56 Å². The normalized spacial score (nSPS) is 10.2. The second-order valence-corrected chi connectivity index (χ2v) is 3.98. The number of hydrogen-bond acceptors (Lipinski definition) is 6. The summed E-state index contributed by atoms with van der Waals surface area (Å²) in [5.41, 5.74) is 5.66. The van der Waals surface area contributed by atoms with Crippen LogP contribution >= 0.6 is 0 Å². The SMILES string of the molecule is COc1ccc(=O)n(Cc2cccc([N+](=O)[O-])c2N)n1. The fourth-order valence-corrected chi connectivity index (χ4v) is 1.71. The lowest BCUT2D eigenvalue weighted by Crippen LogP contribution is -2.23. The maximum absolute atomic E-state index is 11.7. The van der Waals surface area contributed by atoms with Crippen LogP contribution in [0.15, 0.2) is 35.1 Å². The number of nitrogens with two attached hydrogens (primary N) is 1. The Bertz CT molecular complexity index is 711. The third kappa shape index (κ3) is 2.58. The van der Waals surface area contributed by atoms with E-state index in [0.717, 1.165) is 4.68 Å². The molecule has 1 heterocycles. The summed E-state index contributed by atoms with van der Waals surface area (Å²) in [6.07, 6.45) is 0. The van der Waals surface area contributed by atoms with Crippen LogP contribution < -0.4 is 16.0 Å². The largest absolute Gasteiger partial charge is 0.480 e. The van der Waals surface area contributed by atoms with Crippen LogP contribution in [0.3, 0.4) is 0 Å². The Kier molecular flexibility index (Phi) is 3.65. The van der Waals surface area contributed by atoms with Crippen LogP contribution in [0, 0.1) is 10.1 Å². The number of methoxy groups -OCH3 is 1. The van der Waals surface area contributed by atoms with Gasteiger partial charge in [0, 0.05) is 23.8 Å². The third-order valence-corrected chi connectivity index (χ3v) is 2.74. The zero-order valence-corrected chi connectivity index (χ0v) is 10.6. The van der Waals surface area contributed by atoms with Crippen molar-refractivity contribution in [3.63, 3.8) is 0 Å². The second-order valence-electron chi connectivity index (χ2n) is 3.98. The molecular formula is C12H12N4O4. The van der Waals surface area contributed by atoms with Crippen molar-refractivity contribution in [1.82, 2.24) is 9.78 Å². The molecule has 2 N–H and O–H groups in total. The average Bonchev–Trinajstić information content (AvgIpc) is 2.43. The molecule has 2 aromatic rings. The van der Waals surface area contributed by atoms with Gasteiger partial charge >= 0.3 is 0 Å². The maximum atomic E-state index is 11.7. The van der Waals surface area contributed by atoms with E-state index < -0.39 is 4.92 Å². The Hall–Kier alpha value is -2.90. The summed E-state index contributed by atoms with van der Waals surface area (Å²) in [5, 5.41) is 14.8. The zero-order valence-electron chi connectivity index (χ0n) is 10.6. The molecule has 8 heteroatoms. The highest BCUT2D eigenvalue weighted by atomic mass is 16.6. The van der Waals surface area contributed by atoms with E-state index in [-0.39, 0.29) is 29.4 Å². The van der Waals surface area contributed by atoms with Crippen LogP contribution in [0.1, 0.15) is 5.56 Å².